The van der Waals surface area contributed by atoms with E-state index in [2.05, 4.69) is 25.5 Å². The Balaban J connectivity index is 1.37. The summed E-state index contributed by atoms with van der Waals surface area (Å²) in [5.74, 6) is -0.674. The van der Waals surface area contributed by atoms with Gasteiger partial charge in [0.15, 0.2) is 0 Å². The highest BCUT2D eigenvalue weighted by molar-refractivity contribution is 6.02. The molecule has 3 heterocycles. The highest BCUT2D eigenvalue weighted by Gasteiger charge is 2.17. The molecule has 0 aliphatic rings. The Labute approximate surface area is 230 Å². The number of rotatable bonds is 5. The van der Waals surface area contributed by atoms with Crippen molar-refractivity contribution in [3.8, 4) is 39.4 Å². The van der Waals surface area contributed by atoms with Crippen LogP contribution in [0.5, 0.6) is 5.75 Å². The minimum atomic E-state index is -0.499. The van der Waals surface area contributed by atoms with E-state index in [1.54, 1.807) is 18.5 Å². The quantitative estimate of drug-likeness (QED) is 0.182. The van der Waals surface area contributed by atoms with E-state index in [-0.39, 0.29) is 17.1 Å². The first-order valence-electron chi connectivity index (χ1n) is 13.0. The molecule has 0 saturated heterocycles. The zero-order valence-corrected chi connectivity index (χ0v) is 22.3. The second kappa shape index (κ2) is 9.64. The number of nitrogens with zero attached hydrogens (tertiary/aromatic N) is 2. The second-order valence-corrected chi connectivity index (χ2v) is 11.2. The molecule has 0 fully saturated rings. The van der Waals surface area contributed by atoms with Crippen LogP contribution in [0.2, 0.25) is 0 Å². The minimum Gasteiger partial charge on any atom is -0.508 e. The largest absolute Gasteiger partial charge is 0.508 e. The lowest BCUT2D eigenvalue weighted by Gasteiger charge is -2.17. The molecule has 1 amide bonds. The molecule has 3 aromatic heterocycles. The maximum atomic E-state index is 14.0. The molecule has 0 atom stereocenters. The number of phenolic OH excluding ortho intramolecular Hbond substituents is 1. The number of carbonyl (C=O) groups is 1. The highest BCUT2D eigenvalue weighted by atomic mass is 19.1. The predicted molar refractivity (Wildman–Crippen MR) is 156 cm³/mol. The number of halogens is 1. The molecule has 7 nitrogen and oxygen atoms in total. The van der Waals surface area contributed by atoms with E-state index in [4.69, 9.17) is 0 Å². The number of nitrogens with one attached hydrogen (secondary N) is 3. The molecule has 40 heavy (non-hydrogen) atoms. The van der Waals surface area contributed by atoms with Crippen molar-refractivity contribution in [2.45, 2.75) is 27.2 Å². The summed E-state index contributed by atoms with van der Waals surface area (Å²) >= 11 is 0. The first kappa shape index (κ1) is 25.3. The molecule has 200 valence electrons. The summed E-state index contributed by atoms with van der Waals surface area (Å²) in [5, 5.41) is 22.4. The number of aromatic amines is 2. The zero-order chi connectivity index (χ0) is 28.0. The molecule has 0 spiro atoms. The zero-order valence-electron chi connectivity index (χ0n) is 22.3. The SMILES string of the molecule is CC(C)(C)CC(=O)Nc1cncc(-c2ccc3[nH]nc(-c4cc5c(-c6cc(O)cc(F)c6)cccc5[nH]4)c3c2)c1. The maximum absolute atomic E-state index is 14.0. The lowest BCUT2D eigenvalue weighted by atomic mass is 9.92. The molecule has 6 aromatic rings. The second-order valence-electron chi connectivity index (χ2n) is 11.2. The number of anilines is 1. The lowest BCUT2D eigenvalue weighted by molar-refractivity contribution is -0.117. The van der Waals surface area contributed by atoms with E-state index < -0.39 is 5.82 Å². The lowest BCUT2D eigenvalue weighted by Crippen LogP contribution is -2.19. The third-order valence-electron chi connectivity index (χ3n) is 6.72. The van der Waals surface area contributed by atoms with Gasteiger partial charge in [-0.3, -0.25) is 14.9 Å². The number of carbonyl (C=O) groups excluding carboxylic acids is 1. The number of benzene rings is 3. The van der Waals surface area contributed by atoms with Crippen molar-refractivity contribution in [1.82, 2.24) is 20.2 Å². The molecule has 0 aliphatic carbocycles. The van der Waals surface area contributed by atoms with Crippen LogP contribution >= 0.6 is 0 Å². The average molecular weight is 534 g/mol. The van der Waals surface area contributed by atoms with Gasteiger partial charge >= 0.3 is 0 Å². The van der Waals surface area contributed by atoms with Crippen LogP contribution in [-0.4, -0.2) is 31.2 Å². The first-order chi connectivity index (χ1) is 19.1. The van der Waals surface area contributed by atoms with Gasteiger partial charge in [-0.25, -0.2) is 4.39 Å². The monoisotopic (exact) mass is 533 g/mol. The molecule has 0 aliphatic heterocycles. The topological polar surface area (TPSA) is 107 Å². The Hall–Kier alpha value is -4.98. The number of hydrogen-bond acceptors (Lipinski definition) is 4. The third-order valence-corrected chi connectivity index (χ3v) is 6.72. The van der Waals surface area contributed by atoms with Crippen molar-refractivity contribution in [2.75, 3.05) is 5.32 Å². The van der Waals surface area contributed by atoms with Crippen molar-refractivity contribution < 1.29 is 14.3 Å². The van der Waals surface area contributed by atoms with Gasteiger partial charge in [0, 0.05) is 40.5 Å². The van der Waals surface area contributed by atoms with Crippen LogP contribution in [0.4, 0.5) is 10.1 Å². The van der Waals surface area contributed by atoms with Crippen LogP contribution in [0.3, 0.4) is 0 Å². The van der Waals surface area contributed by atoms with Crippen LogP contribution in [0, 0.1) is 11.2 Å². The average Bonchev–Trinajstić information content (AvgIpc) is 3.50. The van der Waals surface area contributed by atoms with Crippen LogP contribution in [0.15, 0.2) is 79.1 Å². The van der Waals surface area contributed by atoms with Crippen molar-refractivity contribution in [1.29, 1.82) is 0 Å². The Bertz CT molecular complexity index is 1880. The van der Waals surface area contributed by atoms with Crippen LogP contribution < -0.4 is 5.32 Å². The van der Waals surface area contributed by atoms with Gasteiger partial charge in [-0.2, -0.15) is 5.10 Å². The fourth-order valence-electron chi connectivity index (χ4n) is 5.02. The highest BCUT2D eigenvalue weighted by Crippen LogP contribution is 2.36. The van der Waals surface area contributed by atoms with Crippen molar-refractivity contribution in [2.24, 2.45) is 5.41 Å². The number of hydrogen-bond donors (Lipinski definition) is 4. The summed E-state index contributed by atoms with van der Waals surface area (Å²) in [7, 11) is 0. The van der Waals surface area contributed by atoms with Gasteiger partial charge in [-0.15, -0.1) is 0 Å². The van der Waals surface area contributed by atoms with Crippen LogP contribution in [0.25, 0.3) is 55.4 Å². The Morgan fingerprint density at radius 2 is 1.77 bits per heavy atom. The van der Waals surface area contributed by atoms with Gasteiger partial charge in [-0.05, 0) is 64.6 Å². The first-order valence-corrected chi connectivity index (χ1v) is 13.0. The Morgan fingerprint density at radius 1 is 0.925 bits per heavy atom. The molecule has 8 heteroatoms. The van der Waals surface area contributed by atoms with Crippen molar-refractivity contribution in [3.63, 3.8) is 0 Å². The van der Waals surface area contributed by atoms with Gasteiger partial charge in [0.2, 0.25) is 5.91 Å². The summed E-state index contributed by atoms with van der Waals surface area (Å²) in [6.07, 6.45) is 3.82. The van der Waals surface area contributed by atoms with E-state index in [0.29, 0.717) is 17.7 Å². The fourth-order valence-corrected chi connectivity index (χ4v) is 5.02. The summed E-state index contributed by atoms with van der Waals surface area (Å²) < 4.78 is 14.0. The smallest absolute Gasteiger partial charge is 0.224 e. The maximum Gasteiger partial charge on any atom is 0.224 e. The molecule has 0 saturated carbocycles. The molecule has 0 bridgehead atoms. The van der Waals surface area contributed by atoms with Gasteiger partial charge in [0.1, 0.15) is 17.3 Å². The molecule has 6 rings (SSSR count). The number of fused-ring (bicyclic) bond motifs is 2. The summed E-state index contributed by atoms with van der Waals surface area (Å²) in [6, 6.07) is 19.7. The molecule has 0 unspecified atom stereocenters. The number of amides is 1. The van der Waals surface area contributed by atoms with E-state index in [0.717, 1.165) is 56.0 Å². The number of pyridine rings is 1. The van der Waals surface area contributed by atoms with E-state index in [1.165, 1.54) is 6.07 Å². The third kappa shape index (κ3) is 5.03. The van der Waals surface area contributed by atoms with Gasteiger partial charge in [0.05, 0.1) is 23.1 Å². The van der Waals surface area contributed by atoms with E-state index in [1.807, 2.05) is 69.3 Å². The van der Waals surface area contributed by atoms with Gasteiger partial charge < -0.3 is 15.4 Å². The minimum absolute atomic E-state index is 0.0503. The standard InChI is InChI=1S/C32H28FN5O2/c1-32(2,3)15-30(40)35-22-10-20(16-34-17-22)18-7-8-28-26(12-18)31(38-37-28)29-14-25-24(5-4-6-27(25)36-29)19-9-21(33)13-23(39)11-19/h4-14,16-17,36,39H,15H2,1-3H3,(H,35,40)(H,37,38). The van der Waals surface area contributed by atoms with E-state index >= 15 is 0 Å². The normalized spacial score (nSPS) is 11.8. The number of aromatic nitrogens is 4. The summed E-state index contributed by atoms with van der Waals surface area (Å²) in [5.41, 5.74) is 7.00. The van der Waals surface area contributed by atoms with Crippen molar-refractivity contribution >= 4 is 33.4 Å². The Morgan fingerprint density at radius 3 is 2.58 bits per heavy atom. The number of aromatic hydroxyl groups is 1. The van der Waals surface area contributed by atoms with Crippen LogP contribution in [-0.2, 0) is 4.79 Å². The molecule has 3 aromatic carbocycles. The van der Waals surface area contributed by atoms with Crippen LogP contribution in [0.1, 0.15) is 27.2 Å². The fraction of sp³-hybridized carbons (Fsp3) is 0.156. The molecule has 4 N–H and O–H groups in total. The number of H-pyrrole nitrogens is 2. The summed E-state index contributed by atoms with van der Waals surface area (Å²) in [6.45, 7) is 6.08. The van der Waals surface area contributed by atoms with E-state index in [9.17, 15) is 14.3 Å². The molecular formula is C32H28FN5O2. The Kier molecular flexibility index (Phi) is 6.10. The van der Waals surface area contributed by atoms with Gasteiger partial charge in [-0.1, -0.05) is 39.0 Å². The predicted octanol–water partition coefficient (Wildman–Crippen LogP) is 7.66. The number of phenols is 1. The molecular weight excluding hydrogens is 505 g/mol. The summed E-state index contributed by atoms with van der Waals surface area (Å²) in [4.78, 5) is 20.2. The van der Waals surface area contributed by atoms with Gasteiger partial charge in [0.25, 0.3) is 0 Å². The van der Waals surface area contributed by atoms with Crippen molar-refractivity contribution in [3.05, 3.63) is 84.9 Å². The molecule has 0 radical (unpaired) electrons.